The van der Waals surface area contributed by atoms with Crippen molar-refractivity contribution in [3.63, 3.8) is 0 Å². The molecular formula is C24H32N4O6. The fourth-order valence-electron chi connectivity index (χ4n) is 5.90. The number of aromatic nitrogens is 1. The number of aryl methyl sites for hydroxylation is 1. The normalized spacial score (nSPS) is 36.3. The summed E-state index contributed by atoms with van der Waals surface area (Å²) < 4.78 is 17.3. The Hall–Kier alpha value is -2.72. The summed E-state index contributed by atoms with van der Waals surface area (Å²) >= 11 is 0. The number of carbonyl (C=O) groups is 3. The highest BCUT2D eigenvalue weighted by atomic mass is 16.5. The van der Waals surface area contributed by atoms with E-state index >= 15 is 0 Å². The summed E-state index contributed by atoms with van der Waals surface area (Å²) in [5.41, 5.74) is -2.77. The van der Waals surface area contributed by atoms with Gasteiger partial charge in [0.15, 0.2) is 5.82 Å². The van der Waals surface area contributed by atoms with Crippen molar-refractivity contribution < 1.29 is 28.4 Å². The molecular weight excluding hydrogens is 440 g/mol. The number of likely N-dealkylation sites (tertiary alicyclic amines) is 1. The Labute approximate surface area is 198 Å². The largest absolute Gasteiger partial charge is 0.376 e. The quantitative estimate of drug-likeness (QED) is 0.624. The molecule has 0 saturated carbocycles. The number of rotatable bonds is 5. The van der Waals surface area contributed by atoms with E-state index in [1.807, 2.05) is 32.9 Å². The maximum absolute atomic E-state index is 13.9. The summed E-state index contributed by atoms with van der Waals surface area (Å²) in [5, 5.41) is 9.62. The van der Waals surface area contributed by atoms with Crippen LogP contribution < -0.4 is 10.6 Å². The molecule has 3 fully saturated rings. The molecule has 2 bridgehead atoms. The minimum Gasteiger partial charge on any atom is -0.376 e. The van der Waals surface area contributed by atoms with Gasteiger partial charge in [-0.15, -0.1) is 0 Å². The highest BCUT2D eigenvalue weighted by Crippen LogP contribution is 2.59. The van der Waals surface area contributed by atoms with Crippen LogP contribution in [0.5, 0.6) is 0 Å². The van der Waals surface area contributed by atoms with Gasteiger partial charge in [-0.2, -0.15) is 0 Å². The summed E-state index contributed by atoms with van der Waals surface area (Å²) in [6, 6.07) is 0.707. The monoisotopic (exact) mass is 472 g/mol. The second-order valence-corrected chi connectivity index (χ2v) is 11.0. The molecule has 2 N–H and O–H groups in total. The zero-order valence-electron chi connectivity index (χ0n) is 20.2. The molecule has 1 aromatic heterocycles. The van der Waals surface area contributed by atoms with Crippen LogP contribution in [0.4, 0.5) is 5.82 Å². The summed E-state index contributed by atoms with van der Waals surface area (Å²) in [5.74, 6) is -1.81. The smallest absolute Gasteiger partial charge is 0.246 e. The first-order valence-electron chi connectivity index (χ1n) is 11.8. The second kappa shape index (κ2) is 7.64. The minimum atomic E-state index is -1.23. The molecule has 4 aliphatic rings. The number of fused-ring (bicyclic) bond motifs is 1. The number of nitrogens with one attached hydrogen (secondary N) is 2. The van der Waals surface area contributed by atoms with Crippen molar-refractivity contribution >= 4 is 23.5 Å². The third-order valence-electron chi connectivity index (χ3n) is 7.13. The predicted octanol–water partition coefficient (Wildman–Crippen LogP) is 1.56. The summed E-state index contributed by atoms with van der Waals surface area (Å²) in [6.45, 7) is 10.1. The Bertz CT molecular complexity index is 1050. The standard InChI is InChI=1S/C24H32N4O6/c1-13-11-15(27-33-13)25-19(29)16-17-21(31)28(12-14-7-6-10-32-14)18(20(30)26-22(2,3)4)24(17)9-8-23(16,5)34-24/h8-9,11,14,16-18H,6-7,10,12H2,1-5H3,(H,26,30)(H,25,27,29)/t14-,16-,17+,18-,23+,24+/m0/s1. The van der Waals surface area contributed by atoms with Crippen molar-refractivity contribution in [1.29, 1.82) is 0 Å². The van der Waals surface area contributed by atoms with Crippen LogP contribution in [-0.4, -0.2) is 69.8 Å². The molecule has 10 nitrogen and oxygen atoms in total. The maximum atomic E-state index is 13.9. The summed E-state index contributed by atoms with van der Waals surface area (Å²) in [6.07, 6.45) is 5.20. The van der Waals surface area contributed by atoms with Crippen molar-refractivity contribution in [2.75, 3.05) is 18.5 Å². The lowest BCUT2D eigenvalue weighted by atomic mass is 9.70. The number of amides is 3. The van der Waals surface area contributed by atoms with Gasteiger partial charge in [0.2, 0.25) is 17.7 Å². The zero-order chi connectivity index (χ0) is 24.5. The number of hydrogen-bond donors (Lipinski definition) is 2. The van der Waals surface area contributed by atoms with E-state index in [2.05, 4.69) is 15.8 Å². The Balaban J connectivity index is 1.51. The molecule has 34 heavy (non-hydrogen) atoms. The lowest BCUT2D eigenvalue weighted by molar-refractivity contribution is -0.146. The van der Waals surface area contributed by atoms with Crippen LogP contribution in [0.1, 0.15) is 46.3 Å². The molecule has 0 aromatic carbocycles. The van der Waals surface area contributed by atoms with Gasteiger partial charge in [-0.25, -0.2) is 0 Å². The van der Waals surface area contributed by atoms with Crippen molar-refractivity contribution in [2.45, 2.75) is 76.3 Å². The van der Waals surface area contributed by atoms with Crippen LogP contribution in [0.25, 0.3) is 0 Å². The van der Waals surface area contributed by atoms with E-state index in [0.29, 0.717) is 12.4 Å². The Morgan fingerprint density at radius 3 is 2.65 bits per heavy atom. The minimum absolute atomic E-state index is 0.147. The van der Waals surface area contributed by atoms with Gasteiger partial charge >= 0.3 is 0 Å². The predicted molar refractivity (Wildman–Crippen MR) is 121 cm³/mol. The van der Waals surface area contributed by atoms with Crippen LogP contribution in [0.2, 0.25) is 0 Å². The van der Waals surface area contributed by atoms with Crippen molar-refractivity contribution in [2.24, 2.45) is 11.8 Å². The molecule has 10 heteroatoms. The summed E-state index contributed by atoms with van der Waals surface area (Å²) in [7, 11) is 0. The molecule has 184 valence electrons. The SMILES string of the molecule is Cc1cc(NC(=O)[C@@H]2[C@@H]3C(=O)N(C[C@@H]4CCCO4)[C@@H](C(=O)NC(C)(C)C)[C@@]34C=C[C@@]2(C)O4)no1. The van der Waals surface area contributed by atoms with E-state index < -0.39 is 40.5 Å². The van der Waals surface area contributed by atoms with Gasteiger partial charge in [0.05, 0.1) is 23.5 Å². The molecule has 6 atom stereocenters. The molecule has 3 amide bonds. The molecule has 4 aliphatic heterocycles. The molecule has 0 radical (unpaired) electrons. The van der Waals surface area contributed by atoms with Crippen LogP contribution in [0.15, 0.2) is 22.7 Å². The van der Waals surface area contributed by atoms with Crippen LogP contribution >= 0.6 is 0 Å². The second-order valence-electron chi connectivity index (χ2n) is 11.0. The Morgan fingerprint density at radius 1 is 1.26 bits per heavy atom. The molecule has 0 unspecified atom stereocenters. The van der Waals surface area contributed by atoms with Crippen molar-refractivity contribution in [1.82, 2.24) is 15.4 Å². The number of anilines is 1. The van der Waals surface area contributed by atoms with Gasteiger partial charge < -0.3 is 29.5 Å². The molecule has 3 saturated heterocycles. The van der Waals surface area contributed by atoms with Gasteiger partial charge in [-0.1, -0.05) is 17.3 Å². The molecule has 5 heterocycles. The topological polar surface area (TPSA) is 123 Å². The van der Waals surface area contributed by atoms with Gasteiger partial charge in [-0.05, 0) is 47.5 Å². The Morgan fingerprint density at radius 2 is 2.03 bits per heavy atom. The van der Waals surface area contributed by atoms with Crippen LogP contribution in [-0.2, 0) is 23.9 Å². The van der Waals surface area contributed by atoms with Gasteiger partial charge in [0.1, 0.15) is 17.4 Å². The molecule has 1 spiro atoms. The highest BCUT2D eigenvalue weighted by molar-refractivity contribution is 6.03. The van der Waals surface area contributed by atoms with Gasteiger partial charge in [0, 0.05) is 24.8 Å². The van der Waals surface area contributed by atoms with Gasteiger partial charge in [0.25, 0.3) is 0 Å². The molecule has 1 aromatic rings. The fraction of sp³-hybridized carbons (Fsp3) is 0.667. The first kappa shape index (κ1) is 23.0. The molecule has 0 aliphatic carbocycles. The average molecular weight is 473 g/mol. The number of ether oxygens (including phenoxy) is 2. The third kappa shape index (κ3) is 3.54. The number of carbonyl (C=O) groups excluding carboxylic acids is 3. The van der Waals surface area contributed by atoms with Crippen LogP contribution in [0, 0.1) is 18.8 Å². The number of hydrogen-bond acceptors (Lipinski definition) is 7. The maximum Gasteiger partial charge on any atom is 0.246 e. The van der Waals surface area contributed by atoms with Crippen molar-refractivity contribution in [3.8, 4) is 0 Å². The van der Waals surface area contributed by atoms with E-state index in [4.69, 9.17) is 14.0 Å². The van der Waals surface area contributed by atoms with E-state index in [1.54, 1.807) is 24.8 Å². The first-order valence-corrected chi connectivity index (χ1v) is 11.8. The van der Waals surface area contributed by atoms with E-state index in [1.165, 1.54) is 0 Å². The lowest BCUT2D eigenvalue weighted by Gasteiger charge is -2.35. The van der Waals surface area contributed by atoms with Crippen molar-refractivity contribution in [3.05, 3.63) is 24.0 Å². The van der Waals surface area contributed by atoms with E-state index in [0.717, 1.165) is 12.8 Å². The van der Waals surface area contributed by atoms with E-state index in [9.17, 15) is 14.4 Å². The van der Waals surface area contributed by atoms with Gasteiger partial charge in [-0.3, -0.25) is 14.4 Å². The van der Waals surface area contributed by atoms with E-state index in [-0.39, 0.29) is 30.3 Å². The van der Waals surface area contributed by atoms with Crippen LogP contribution in [0.3, 0.4) is 0 Å². The number of nitrogens with zero attached hydrogens (tertiary/aromatic N) is 2. The first-order chi connectivity index (χ1) is 15.9. The average Bonchev–Trinajstić information content (AvgIpc) is 3.50. The lowest BCUT2D eigenvalue weighted by Crippen LogP contribution is -2.58. The zero-order valence-corrected chi connectivity index (χ0v) is 20.2. The summed E-state index contributed by atoms with van der Waals surface area (Å²) in [4.78, 5) is 42.5. The Kier molecular flexibility index (Phi) is 5.18. The highest BCUT2D eigenvalue weighted by Gasteiger charge is 2.76. The fourth-order valence-corrected chi connectivity index (χ4v) is 5.90. The third-order valence-corrected chi connectivity index (χ3v) is 7.13. The molecule has 5 rings (SSSR count).